The van der Waals surface area contributed by atoms with Crippen molar-refractivity contribution in [2.75, 3.05) is 61.1 Å². The van der Waals surface area contributed by atoms with Crippen LogP contribution in [-0.4, -0.2) is 51.7 Å². The SMILES string of the molecule is CN1CN(C)c2c(O)cccc21.CN1CN(C)c2c(O)cccc21.[Ag+].[Br-]. The number of phenols is 2. The number of halogens is 1. The van der Waals surface area contributed by atoms with Crippen LogP contribution in [0.1, 0.15) is 0 Å². The van der Waals surface area contributed by atoms with Gasteiger partial charge in [0.2, 0.25) is 0 Å². The van der Waals surface area contributed by atoms with Crippen molar-refractivity contribution in [2.24, 2.45) is 0 Å². The maximum absolute atomic E-state index is 9.55. The predicted molar refractivity (Wildman–Crippen MR) is 99.6 cm³/mol. The van der Waals surface area contributed by atoms with Gasteiger partial charge in [0.15, 0.2) is 0 Å². The first kappa shape index (κ1) is 22.5. The van der Waals surface area contributed by atoms with Crippen LogP contribution in [0.3, 0.4) is 0 Å². The second-order valence-corrected chi connectivity index (χ2v) is 6.36. The van der Waals surface area contributed by atoms with Crippen molar-refractivity contribution in [3.8, 4) is 11.5 Å². The largest absolute Gasteiger partial charge is 1.00 e. The van der Waals surface area contributed by atoms with Crippen LogP contribution >= 0.6 is 0 Å². The number of anilines is 4. The average molecular weight is 516 g/mol. The summed E-state index contributed by atoms with van der Waals surface area (Å²) in [7, 11) is 7.98. The molecule has 6 nitrogen and oxygen atoms in total. The van der Waals surface area contributed by atoms with Crippen LogP contribution in [0, 0.1) is 0 Å². The summed E-state index contributed by atoms with van der Waals surface area (Å²) in [5.74, 6) is 0.721. The van der Waals surface area contributed by atoms with Gasteiger partial charge in [-0.1, -0.05) is 12.1 Å². The number of hydrogen-bond donors (Lipinski definition) is 2. The molecule has 0 fully saturated rings. The molecule has 2 N–H and O–H groups in total. The molecule has 2 aliphatic heterocycles. The summed E-state index contributed by atoms with van der Waals surface area (Å²) in [5, 5.41) is 19.1. The minimum Gasteiger partial charge on any atom is -1.00 e. The minimum atomic E-state index is 0. The van der Waals surface area contributed by atoms with Gasteiger partial charge in [-0.15, -0.1) is 0 Å². The Balaban J connectivity index is 0.000000241. The molecule has 0 atom stereocenters. The van der Waals surface area contributed by atoms with Crippen LogP contribution in [0.15, 0.2) is 36.4 Å². The average Bonchev–Trinajstić information content (AvgIpc) is 2.99. The summed E-state index contributed by atoms with van der Waals surface area (Å²) in [5.41, 5.74) is 4.05. The molecule has 0 unspecified atom stereocenters. The standard InChI is InChI=1S/2C9H12N2O.Ag.BrH/c2*1-10-6-11(2)9-7(10)4-3-5-8(9)12;;/h2*3-5,12H,6H2,1-2H3;;1H/q;;+1;/p-1. The van der Waals surface area contributed by atoms with Gasteiger partial charge in [0.1, 0.15) is 22.9 Å². The molecule has 0 bridgehead atoms. The van der Waals surface area contributed by atoms with Gasteiger partial charge in [-0.05, 0) is 24.3 Å². The van der Waals surface area contributed by atoms with Crippen molar-refractivity contribution in [1.82, 2.24) is 0 Å². The summed E-state index contributed by atoms with van der Waals surface area (Å²) in [6.45, 7) is 1.68. The number of rotatable bonds is 0. The summed E-state index contributed by atoms with van der Waals surface area (Å²) >= 11 is 0. The Bertz CT molecular complexity index is 698. The zero-order chi connectivity index (χ0) is 17.4. The second-order valence-electron chi connectivity index (χ2n) is 6.36. The molecule has 26 heavy (non-hydrogen) atoms. The van der Waals surface area contributed by atoms with E-state index in [2.05, 4.69) is 9.80 Å². The Morgan fingerprint density at radius 3 is 1.31 bits per heavy atom. The quantitative estimate of drug-likeness (QED) is 0.460. The van der Waals surface area contributed by atoms with Gasteiger partial charge in [0, 0.05) is 28.2 Å². The number of nitrogens with zero attached hydrogens (tertiary/aromatic N) is 4. The first-order valence-electron chi connectivity index (χ1n) is 7.88. The Morgan fingerprint density at radius 2 is 1.00 bits per heavy atom. The molecule has 4 rings (SSSR count). The predicted octanol–water partition coefficient (Wildman–Crippen LogP) is -0.527. The monoisotopic (exact) mass is 514 g/mol. The first-order chi connectivity index (χ1) is 11.4. The van der Waals surface area contributed by atoms with Gasteiger partial charge in [0.25, 0.3) is 0 Å². The van der Waals surface area contributed by atoms with Crippen molar-refractivity contribution in [3.05, 3.63) is 36.4 Å². The molecule has 0 saturated carbocycles. The number of fused-ring (bicyclic) bond motifs is 2. The van der Waals surface area contributed by atoms with Crippen molar-refractivity contribution < 1.29 is 49.6 Å². The second kappa shape index (κ2) is 8.90. The maximum atomic E-state index is 9.55. The molecule has 8 heteroatoms. The van der Waals surface area contributed by atoms with E-state index in [4.69, 9.17) is 0 Å². The Labute approximate surface area is 180 Å². The summed E-state index contributed by atoms with van der Waals surface area (Å²) in [6.07, 6.45) is 0. The molecule has 2 aliphatic rings. The number of aromatic hydroxyl groups is 2. The van der Waals surface area contributed by atoms with Crippen LogP contribution in [0.5, 0.6) is 11.5 Å². The topological polar surface area (TPSA) is 53.4 Å². The van der Waals surface area contributed by atoms with Gasteiger partial charge in [-0.25, -0.2) is 0 Å². The molecular formula is C18H24AgBrN4O2. The van der Waals surface area contributed by atoms with E-state index in [-0.39, 0.29) is 39.4 Å². The fraction of sp³-hybridized carbons (Fsp3) is 0.333. The fourth-order valence-electron chi connectivity index (χ4n) is 3.37. The zero-order valence-electron chi connectivity index (χ0n) is 15.2. The van der Waals surface area contributed by atoms with E-state index in [0.29, 0.717) is 11.5 Å². The molecule has 0 saturated heterocycles. The maximum Gasteiger partial charge on any atom is 1.00 e. The number of para-hydroxylation sites is 2. The van der Waals surface area contributed by atoms with E-state index in [1.165, 1.54) is 0 Å². The third-order valence-corrected chi connectivity index (χ3v) is 4.42. The van der Waals surface area contributed by atoms with E-state index >= 15 is 0 Å². The van der Waals surface area contributed by atoms with Gasteiger partial charge in [-0.3, -0.25) is 0 Å². The van der Waals surface area contributed by atoms with Gasteiger partial charge >= 0.3 is 22.4 Å². The Morgan fingerprint density at radius 1 is 0.654 bits per heavy atom. The van der Waals surface area contributed by atoms with Crippen molar-refractivity contribution in [3.63, 3.8) is 0 Å². The van der Waals surface area contributed by atoms with Gasteiger partial charge < -0.3 is 46.8 Å². The van der Waals surface area contributed by atoms with E-state index in [0.717, 1.165) is 36.1 Å². The van der Waals surface area contributed by atoms with Crippen LogP contribution in [-0.2, 0) is 22.4 Å². The Kier molecular flexibility index (Phi) is 7.70. The summed E-state index contributed by atoms with van der Waals surface area (Å²) in [4.78, 5) is 8.28. The smallest absolute Gasteiger partial charge is 1.00 e. The minimum absolute atomic E-state index is 0. The van der Waals surface area contributed by atoms with Crippen molar-refractivity contribution in [2.45, 2.75) is 0 Å². The van der Waals surface area contributed by atoms with E-state index in [1.807, 2.05) is 62.3 Å². The molecule has 0 aromatic heterocycles. The molecule has 2 aromatic carbocycles. The zero-order valence-corrected chi connectivity index (χ0v) is 18.3. The number of phenolic OH excluding ortho intramolecular Hbond substituents is 2. The van der Waals surface area contributed by atoms with Gasteiger partial charge in [-0.2, -0.15) is 0 Å². The molecule has 2 aromatic rings. The van der Waals surface area contributed by atoms with E-state index in [1.54, 1.807) is 12.1 Å². The molecule has 146 valence electrons. The normalized spacial score (nSPS) is 14.0. The first-order valence-corrected chi connectivity index (χ1v) is 7.88. The van der Waals surface area contributed by atoms with Crippen LogP contribution in [0.2, 0.25) is 0 Å². The molecule has 0 aliphatic carbocycles. The molecule has 2 heterocycles. The third kappa shape index (κ3) is 4.06. The molecular weight excluding hydrogens is 492 g/mol. The summed E-state index contributed by atoms with van der Waals surface area (Å²) < 4.78 is 0. The van der Waals surface area contributed by atoms with Crippen LogP contribution in [0.4, 0.5) is 22.7 Å². The van der Waals surface area contributed by atoms with Crippen molar-refractivity contribution >= 4 is 22.7 Å². The van der Waals surface area contributed by atoms with Crippen molar-refractivity contribution in [1.29, 1.82) is 0 Å². The molecule has 0 spiro atoms. The summed E-state index contributed by atoms with van der Waals surface area (Å²) in [6, 6.07) is 11.2. The number of benzene rings is 2. The number of hydrogen-bond acceptors (Lipinski definition) is 6. The van der Waals surface area contributed by atoms with E-state index in [9.17, 15) is 10.2 Å². The van der Waals surface area contributed by atoms with Crippen LogP contribution in [0.25, 0.3) is 0 Å². The molecule has 0 radical (unpaired) electrons. The van der Waals surface area contributed by atoms with E-state index < -0.39 is 0 Å². The third-order valence-electron chi connectivity index (χ3n) is 4.42. The van der Waals surface area contributed by atoms with Crippen LogP contribution < -0.4 is 36.6 Å². The molecule has 0 amide bonds. The van der Waals surface area contributed by atoms with Gasteiger partial charge in [0.05, 0.1) is 24.7 Å². The fourth-order valence-corrected chi connectivity index (χ4v) is 3.37. The Hall–Kier alpha value is -1.54.